The normalized spacial score (nSPS) is 47.5. The van der Waals surface area contributed by atoms with Crippen LogP contribution >= 0.6 is 0 Å². The third kappa shape index (κ3) is 5.64. The van der Waals surface area contributed by atoms with E-state index in [1.807, 2.05) is 0 Å². The molecule has 0 aromatic rings. The van der Waals surface area contributed by atoms with E-state index in [-0.39, 0.29) is 11.5 Å². The van der Waals surface area contributed by atoms with Crippen molar-refractivity contribution in [1.82, 2.24) is 0 Å². The Labute approximate surface area is 248 Å². The minimum atomic E-state index is -1.40. The predicted molar refractivity (Wildman–Crippen MR) is 161 cm³/mol. The molecule has 5 rings (SSSR count). The van der Waals surface area contributed by atoms with Gasteiger partial charge in [-0.15, -0.1) is 0 Å². The van der Waals surface area contributed by atoms with Gasteiger partial charge in [-0.25, -0.2) is 0 Å². The van der Waals surface area contributed by atoms with Crippen LogP contribution in [0.2, 0.25) is 0 Å². The van der Waals surface area contributed by atoms with E-state index in [1.54, 1.807) is 0 Å². The Bertz CT molecular complexity index is 962. The molecule has 6 heteroatoms. The van der Waals surface area contributed by atoms with Crippen molar-refractivity contribution in [2.24, 2.45) is 46.3 Å². The van der Waals surface area contributed by atoms with Crippen molar-refractivity contribution in [3.63, 3.8) is 0 Å². The summed E-state index contributed by atoms with van der Waals surface area (Å²) in [7, 11) is 0. The number of hydrogen-bond donors (Lipinski definition) is 4. The van der Waals surface area contributed by atoms with Crippen molar-refractivity contribution >= 4 is 0 Å². The van der Waals surface area contributed by atoms with Crippen molar-refractivity contribution in [2.45, 2.75) is 142 Å². The van der Waals surface area contributed by atoms with Crippen LogP contribution in [0.5, 0.6) is 0 Å². The van der Waals surface area contributed by atoms with Crippen molar-refractivity contribution in [2.75, 3.05) is 6.61 Å². The van der Waals surface area contributed by atoms with Gasteiger partial charge in [0.05, 0.1) is 12.7 Å². The summed E-state index contributed by atoms with van der Waals surface area (Å²) in [6, 6.07) is 0. The molecule has 0 amide bonds. The molecular formula is C35H58O6. The molecule has 41 heavy (non-hydrogen) atoms. The maximum atomic E-state index is 10.5. The van der Waals surface area contributed by atoms with E-state index in [0.29, 0.717) is 11.3 Å². The number of hydrogen-bond acceptors (Lipinski definition) is 6. The first-order chi connectivity index (χ1) is 19.4. The van der Waals surface area contributed by atoms with Crippen LogP contribution in [-0.2, 0) is 9.47 Å². The van der Waals surface area contributed by atoms with Crippen LogP contribution in [0.4, 0.5) is 0 Å². The molecule has 14 atom stereocenters. The van der Waals surface area contributed by atoms with E-state index in [1.165, 1.54) is 56.1 Å². The lowest BCUT2D eigenvalue weighted by atomic mass is 9.47. The Hall–Kier alpha value is -0.760. The number of fused-ring (bicyclic) bond motifs is 5. The summed E-state index contributed by atoms with van der Waals surface area (Å²) in [6.07, 6.45) is 9.51. The Morgan fingerprint density at radius 1 is 1.05 bits per heavy atom. The average molecular weight is 575 g/mol. The molecule has 234 valence electrons. The summed E-state index contributed by atoms with van der Waals surface area (Å²) in [5, 5.41) is 40.4. The summed E-state index contributed by atoms with van der Waals surface area (Å²) in [6.45, 7) is 16.0. The van der Waals surface area contributed by atoms with E-state index in [0.717, 1.165) is 55.3 Å². The molecule has 0 radical (unpaired) electrons. The molecule has 1 saturated heterocycles. The van der Waals surface area contributed by atoms with Crippen LogP contribution in [0.1, 0.15) is 105 Å². The maximum absolute atomic E-state index is 10.5. The zero-order valence-electron chi connectivity index (χ0n) is 26.3. The summed E-state index contributed by atoms with van der Waals surface area (Å²) in [5.74, 6) is 4.57. The van der Waals surface area contributed by atoms with E-state index < -0.39 is 37.3 Å². The quantitative estimate of drug-likeness (QED) is 0.261. The second kappa shape index (κ2) is 12.3. The first-order valence-electron chi connectivity index (χ1n) is 16.7. The molecule has 6 nitrogen and oxygen atoms in total. The van der Waals surface area contributed by atoms with Crippen LogP contribution in [0.15, 0.2) is 23.8 Å². The zero-order chi connectivity index (χ0) is 29.7. The third-order valence-electron chi connectivity index (χ3n) is 13.2. The molecule has 0 aromatic carbocycles. The van der Waals surface area contributed by atoms with Crippen molar-refractivity contribution in [1.29, 1.82) is 0 Å². The fourth-order valence-corrected chi connectivity index (χ4v) is 10.6. The van der Waals surface area contributed by atoms with Crippen molar-refractivity contribution < 1.29 is 29.9 Å². The van der Waals surface area contributed by atoms with Gasteiger partial charge < -0.3 is 29.9 Å². The van der Waals surface area contributed by atoms with Crippen LogP contribution < -0.4 is 0 Å². The molecule has 3 saturated carbocycles. The first-order valence-corrected chi connectivity index (χ1v) is 16.7. The second-order valence-corrected chi connectivity index (χ2v) is 15.2. The summed E-state index contributed by atoms with van der Waals surface area (Å²) in [4.78, 5) is 0. The van der Waals surface area contributed by atoms with Crippen LogP contribution in [0.25, 0.3) is 0 Å². The Morgan fingerprint density at radius 2 is 1.80 bits per heavy atom. The molecule has 0 spiro atoms. The molecular weight excluding hydrogens is 516 g/mol. The van der Waals surface area contributed by atoms with Gasteiger partial charge in [0.1, 0.15) is 24.4 Å². The molecule has 4 fully saturated rings. The topological polar surface area (TPSA) is 99.4 Å². The lowest BCUT2D eigenvalue weighted by Gasteiger charge is -2.58. The number of aliphatic hydroxyl groups excluding tert-OH is 4. The third-order valence-corrected chi connectivity index (χ3v) is 13.2. The Kier molecular flexibility index (Phi) is 9.51. The predicted octanol–water partition coefficient (Wildman–Crippen LogP) is 5.77. The van der Waals surface area contributed by atoms with Crippen LogP contribution in [0, 0.1) is 46.3 Å². The SMILES string of the molecule is C=C(C)C(CC)CCC(C)C1CCC2C3CC=C4C[C@@H](OC5O[C@H](CO)[C@@H](O)[C@H](O)[C@H]5O)CCC4(C)C3CCC12C. The van der Waals surface area contributed by atoms with Crippen molar-refractivity contribution in [3.8, 4) is 0 Å². The van der Waals surface area contributed by atoms with Crippen molar-refractivity contribution in [3.05, 3.63) is 23.8 Å². The largest absolute Gasteiger partial charge is 0.394 e. The van der Waals surface area contributed by atoms with Gasteiger partial charge in [-0.05, 0) is 124 Å². The standard InChI is InChI=1S/C35H58O6/c1-7-22(20(2)3)9-8-21(4)26-12-13-27-25-11-10-23-18-24(14-16-34(23,5)28(25)15-17-35(26,27)6)40-33-32(39)31(38)30(37)29(19-36)41-33/h10,21-22,24-33,36-39H,2,7-9,11-19H2,1,3-6H3/t21?,22?,24-,25?,26?,27?,28?,29+,30+,31-,32+,33?,34?,35?/m0/s1. The summed E-state index contributed by atoms with van der Waals surface area (Å²) < 4.78 is 11.9. The minimum Gasteiger partial charge on any atom is -0.394 e. The monoisotopic (exact) mass is 574 g/mol. The zero-order valence-corrected chi connectivity index (χ0v) is 26.3. The van der Waals surface area contributed by atoms with E-state index in [9.17, 15) is 20.4 Å². The maximum Gasteiger partial charge on any atom is 0.186 e. The fraction of sp³-hybridized carbons (Fsp3) is 0.886. The Balaban J connectivity index is 1.24. The Morgan fingerprint density at radius 3 is 2.49 bits per heavy atom. The highest BCUT2D eigenvalue weighted by Crippen LogP contribution is 2.67. The van der Waals surface area contributed by atoms with Gasteiger partial charge in [0, 0.05) is 0 Å². The molecule has 9 unspecified atom stereocenters. The highest BCUT2D eigenvalue weighted by molar-refractivity contribution is 5.25. The van der Waals surface area contributed by atoms with Gasteiger partial charge in [0.2, 0.25) is 0 Å². The van der Waals surface area contributed by atoms with Gasteiger partial charge in [-0.1, -0.05) is 51.5 Å². The molecule has 4 N–H and O–H groups in total. The van der Waals surface area contributed by atoms with Gasteiger partial charge in [-0.2, -0.15) is 0 Å². The number of aliphatic hydroxyl groups is 4. The van der Waals surface area contributed by atoms with Gasteiger partial charge in [0.25, 0.3) is 0 Å². The summed E-state index contributed by atoms with van der Waals surface area (Å²) >= 11 is 0. The highest BCUT2D eigenvalue weighted by Gasteiger charge is 2.59. The molecule has 1 aliphatic heterocycles. The smallest absolute Gasteiger partial charge is 0.186 e. The first kappa shape index (κ1) is 31.7. The highest BCUT2D eigenvalue weighted by atomic mass is 16.7. The molecule has 0 aromatic heterocycles. The summed E-state index contributed by atoms with van der Waals surface area (Å²) in [5.41, 5.74) is 3.49. The van der Waals surface area contributed by atoms with Gasteiger partial charge >= 0.3 is 0 Å². The van der Waals surface area contributed by atoms with Crippen LogP contribution in [-0.4, -0.2) is 63.8 Å². The number of allylic oxidation sites excluding steroid dienone is 2. The van der Waals surface area contributed by atoms with E-state index in [4.69, 9.17) is 9.47 Å². The number of rotatable bonds is 9. The fourth-order valence-electron chi connectivity index (χ4n) is 10.6. The molecule has 5 aliphatic rings. The number of ether oxygens (including phenoxy) is 2. The lowest BCUT2D eigenvalue weighted by molar-refractivity contribution is -0.313. The second-order valence-electron chi connectivity index (χ2n) is 15.2. The average Bonchev–Trinajstić information content (AvgIpc) is 3.30. The molecule has 4 aliphatic carbocycles. The van der Waals surface area contributed by atoms with Crippen LogP contribution in [0.3, 0.4) is 0 Å². The minimum absolute atomic E-state index is 0.107. The van der Waals surface area contributed by atoms with Gasteiger partial charge in [0.15, 0.2) is 6.29 Å². The van der Waals surface area contributed by atoms with E-state index in [2.05, 4.69) is 47.3 Å². The molecule has 0 bridgehead atoms. The van der Waals surface area contributed by atoms with Gasteiger partial charge in [-0.3, -0.25) is 0 Å². The molecule has 1 heterocycles. The lowest BCUT2D eigenvalue weighted by Crippen LogP contribution is -2.60. The van der Waals surface area contributed by atoms with E-state index >= 15 is 0 Å².